The Bertz CT molecular complexity index is 311. The number of halogens is 1. The summed E-state index contributed by atoms with van der Waals surface area (Å²) in [6.45, 7) is 0.873. The second kappa shape index (κ2) is 4.38. The standard InChI is InChI=1S/C7H9BrN2O3/c1-13-3-2-10-6(7(11)12)5(8)4-9-10/h4H,2-3H2,1H3,(H,11,12). The van der Waals surface area contributed by atoms with Gasteiger partial charge in [0.05, 0.1) is 23.8 Å². The van der Waals surface area contributed by atoms with Crippen molar-refractivity contribution in [2.75, 3.05) is 13.7 Å². The molecule has 0 spiro atoms. The van der Waals surface area contributed by atoms with E-state index >= 15 is 0 Å². The van der Waals surface area contributed by atoms with E-state index in [0.29, 0.717) is 17.6 Å². The van der Waals surface area contributed by atoms with Crippen LogP contribution in [0.5, 0.6) is 0 Å². The number of hydrogen-bond acceptors (Lipinski definition) is 3. The molecule has 5 nitrogen and oxygen atoms in total. The van der Waals surface area contributed by atoms with Crippen LogP contribution in [0.15, 0.2) is 10.7 Å². The fourth-order valence-electron chi connectivity index (χ4n) is 0.922. The number of hydrogen-bond donors (Lipinski definition) is 1. The number of carboxylic acid groups (broad SMARTS) is 1. The summed E-state index contributed by atoms with van der Waals surface area (Å²) in [5.41, 5.74) is 0.150. The highest BCUT2D eigenvalue weighted by atomic mass is 79.9. The van der Waals surface area contributed by atoms with Gasteiger partial charge in [-0.1, -0.05) is 0 Å². The lowest BCUT2D eigenvalue weighted by Crippen LogP contribution is -2.13. The highest BCUT2D eigenvalue weighted by Gasteiger charge is 2.15. The monoisotopic (exact) mass is 248 g/mol. The molecule has 0 bridgehead atoms. The maximum Gasteiger partial charge on any atom is 0.355 e. The van der Waals surface area contributed by atoms with Crippen molar-refractivity contribution >= 4 is 21.9 Å². The lowest BCUT2D eigenvalue weighted by atomic mass is 10.4. The summed E-state index contributed by atoms with van der Waals surface area (Å²) in [6.07, 6.45) is 1.46. The smallest absolute Gasteiger partial charge is 0.355 e. The molecule has 0 aliphatic carbocycles. The number of carboxylic acids is 1. The van der Waals surface area contributed by atoms with Crippen molar-refractivity contribution in [3.8, 4) is 0 Å². The largest absolute Gasteiger partial charge is 0.476 e. The van der Waals surface area contributed by atoms with Gasteiger partial charge in [0.25, 0.3) is 0 Å². The van der Waals surface area contributed by atoms with Crippen LogP contribution in [0.2, 0.25) is 0 Å². The molecule has 0 aromatic carbocycles. The van der Waals surface area contributed by atoms with Crippen LogP contribution in [0.3, 0.4) is 0 Å². The second-order valence-corrected chi connectivity index (χ2v) is 3.22. The summed E-state index contributed by atoms with van der Waals surface area (Å²) in [5, 5.41) is 12.7. The van der Waals surface area contributed by atoms with E-state index in [1.807, 2.05) is 0 Å². The lowest BCUT2D eigenvalue weighted by Gasteiger charge is -2.02. The lowest BCUT2D eigenvalue weighted by molar-refractivity contribution is 0.0679. The molecule has 0 saturated carbocycles. The number of carbonyl (C=O) groups is 1. The van der Waals surface area contributed by atoms with Gasteiger partial charge in [-0.05, 0) is 15.9 Å². The third kappa shape index (κ3) is 2.28. The van der Waals surface area contributed by atoms with E-state index in [2.05, 4.69) is 21.0 Å². The molecule has 0 aliphatic heterocycles. The quantitative estimate of drug-likeness (QED) is 0.864. The maximum absolute atomic E-state index is 10.7. The summed E-state index contributed by atoms with van der Waals surface area (Å²) in [4.78, 5) is 10.7. The molecule has 0 radical (unpaired) electrons. The van der Waals surface area contributed by atoms with E-state index in [4.69, 9.17) is 9.84 Å². The molecule has 0 fully saturated rings. The number of aromatic nitrogens is 2. The summed E-state index contributed by atoms with van der Waals surface area (Å²) in [6, 6.07) is 0. The summed E-state index contributed by atoms with van der Waals surface area (Å²) < 4.78 is 6.69. The summed E-state index contributed by atoms with van der Waals surface area (Å²) >= 11 is 3.10. The minimum atomic E-state index is -1.000. The van der Waals surface area contributed by atoms with E-state index < -0.39 is 5.97 Å². The third-order valence-corrected chi connectivity index (χ3v) is 2.08. The average Bonchev–Trinajstić information content (AvgIpc) is 2.43. The van der Waals surface area contributed by atoms with Crippen LogP contribution < -0.4 is 0 Å². The van der Waals surface area contributed by atoms with Gasteiger partial charge >= 0.3 is 5.97 Å². The van der Waals surface area contributed by atoms with Gasteiger partial charge in [-0.15, -0.1) is 0 Å². The Hall–Kier alpha value is -0.880. The van der Waals surface area contributed by atoms with Crippen LogP contribution in [-0.2, 0) is 11.3 Å². The molecule has 1 N–H and O–H groups in total. The highest BCUT2D eigenvalue weighted by molar-refractivity contribution is 9.10. The SMILES string of the molecule is COCCn1ncc(Br)c1C(=O)O. The molecule has 1 aromatic rings. The zero-order valence-electron chi connectivity index (χ0n) is 7.03. The first-order chi connectivity index (χ1) is 6.16. The maximum atomic E-state index is 10.7. The zero-order chi connectivity index (χ0) is 9.84. The Morgan fingerprint density at radius 1 is 1.85 bits per heavy atom. The van der Waals surface area contributed by atoms with E-state index in [1.165, 1.54) is 10.9 Å². The summed E-state index contributed by atoms with van der Waals surface area (Å²) in [7, 11) is 1.55. The molecule has 0 saturated heterocycles. The number of rotatable bonds is 4. The van der Waals surface area contributed by atoms with Crippen molar-refractivity contribution in [1.29, 1.82) is 0 Å². The fourth-order valence-corrected chi connectivity index (χ4v) is 1.39. The number of aromatic carboxylic acids is 1. The second-order valence-electron chi connectivity index (χ2n) is 2.36. The topological polar surface area (TPSA) is 64.4 Å². The fraction of sp³-hybridized carbons (Fsp3) is 0.429. The van der Waals surface area contributed by atoms with Crippen LogP contribution in [-0.4, -0.2) is 34.6 Å². The van der Waals surface area contributed by atoms with Gasteiger partial charge < -0.3 is 9.84 Å². The van der Waals surface area contributed by atoms with Crippen molar-refractivity contribution in [1.82, 2.24) is 9.78 Å². The van der Waals surface area contributed by atoms with Gasteiger partial charge in [-0.3, -0.25) is 4.68 Å². The molecule has 0 aliphatic rings. The van der Waals surface area contributed by atoms with Crippen LogP contribution in [0.1, 0.15) is 10.5 Å². The van der Waals surface area contributed by atoms with Crippen molar-refractivity contribution in [2.24, 2.45) is 0 Å². The van der Waals surface area contributed by atoms with Gasteiger partial charge in [-0.2, -0.15) is 5.10 Å². The van der Waals surface area contributed by atoms with Gasteiger partial charge in [0.1, 0.15) is 0 Å². The Morgan fingerprint density at radius 2 is 2.54 bits per heavy atom. The highest BCUT2D eigenvalue weighted by Crippen LogP contribution is 2.15. The van der Waals surface area contributed by atoms with E-state index in [-0.39, 0.29) is 5.69 Å². The van der Waals surface area contributed by atoms with Gasteiger partial charge in [0.15, 0.2) is 5.69 Å². The van der Waals surface area contributed by atoms with Gasteiger partial charge in [0, 0.05) is 7.11 Å². The first-order valence-corrected chi connectivity index (χ1v) is 4.39. The van der Waals surface area contributed by atoms with Crippen LogP contribution >= 0.6 is 15.9 Å². The molecule has 0 atom stereocenters. The Kier molecular flexibility index (Phi) is 3.44. The summed E-state index contributed by atoms with van der Waals surface area (Å²) in [5.74, 6) is -1.000. The molecular weight excluding hydrogens is 240 g/mol. The van der Waals surface area contributed by atoms with Gasteiger partial charge in [-0.25, -0.2) is 4.79 Å². The van der Waals surface area contributed by atoms with E-state index in [9.17, 15) is 4.79 Å². The normalized spacial score (nSPS) is 10.3. The minimum absolute atomic E-state index is 0.150. The Labute approximate surface area is 83.4 Å². The number of methoxy groups -OCH3 is 1. The van der Waals surface area contributed by atoms with Crippen LogP contribution in [0, 0.1) is 0 Å². The van der Waals surface area contributed by atoms with Crippen molar-refractivity contribution in [3.63, 3.8) is 0 Å². The number of nitrogens with zero attached hydrogens (tertiary/aromatic N) is 2. The number of ether oxygens (including phenoxy) is 1. The molecule has 1 aromatic heterocycles. The molecule has 1 heterocycles. The molecular formula is C7H9BrN2O3. The van der Waals surface area contributed by atoms with Crippen molar-refractivity contribution in [2.45, 2.75) is 6.54 Å². The first kappa shape index (κ1) is 10.2. The molecule has 1 rings (SSSR count). The molecule has 72 valence electrons. The Balaban J connectivity index is 2.87. The predicted molar refractivity (Wildman–Crippen MR) is 48.8 cm³/mol. The van der Waals surface area contributed by atoms with Crippen LogP contribution in [0.4, 0.5) is 0 Å². The van der Waals surface area contributed by atoms with Crippen molar-refractivity contribution in [3.05, 3.63) is 16.4 Å². The Morgan fingerprint density at radius 3 is 3.08 bits per heavy atom. The van der Waals surface area contributed by atoms with E-state index in [1.54, 1.807) is 7.11 Å². The van der Waals surface area contributed by atoms with Crippen molar-refractivity contribution < 1.29 is 14.6 Å². The van der Waals surface area contributed by atoms with E-state index in [0.717, 1.165) is 0 Å². The molecule has 0 amide bonds. The first-order valence-electron chi connectivity index (χ1n) is 3.60. The molecule has 0 unspecified atom stereocenters. The third-order valence-electron chi connectivity index (χ3n) is 1.50. The van der Waals surface area contributed by atoms with Crippen LogP contribution in [0.25, 0.3) is 0 Å². The zero-order valence-corrected chi connectivity index (χ0v) is 8.61. The minimum Gasteiger partial charge on any atom is -0.476 e. The molecule has 13 heavy (non-hydrogen) atoms. The average molecular weight is 249 g/mol. The van der Waals surface area contributed by atoms with Gasteiger partial charge in [0.2, 0.25) is 0 Å². The molecule has 6 heteroatoms. The predicted octanol–water partition coefficient (Wildman–Crippen LogP) is 0.990.